The van der Waals surface area contributed by atoms with Crippen molar-refractivity contribution in [3.05, 3.63) is 36.2 Å². The van der Waals surface area contributed by atoms with Crippen LogP contribution in [-0.2, 0) is 21.0 Å². The minimum atomic E-state index is -2.90. The summed E-state index contributed by atoms with van der Waals surface area (Å²) in [5.41, 5.74) is 0.939. The Morgan fingerprint density at radius 1 is 1.18 bits per heavy atom. The molecule has 152 valence electrons. The Bertz CT molecular complexity index is 863. The zero-order valence-corrected chi connectivity index (χ0v) is 16.8. The molecule has 8 heteroatoms. The second kappa shape index (κ2) is 8.71. The second-order valence-electron chi connectivity index (χ2n) is 7.67. The topological polar surface area (TPSA) is 85.5 Å². The lowest BCUT2D eigenvalue weighted by Gasteiger charge is -2.30. The Hall–Kier alpha value is -1.77. The molecule has 0 amide bonds. The SMILES string of the molecule is O=S1(=O)CCC(N(CCCc2nc(-c3ccccc3)no2)CC2CCCO2)C1. The van der Waals surface area contributed by atoms with Gasteiger partial charge in [-0.1, -0.05) is 35.5 Å². The van der Waals surface area contributed by atoms with Crippen LogP contribution in [0.2, 0.25) is 0 Å². The summed E-state index contributed by atoms with van der Waals surface area (Å²) < 4.78 is 35.0. The van der Waals surface area contributed by atoms with Crippen molar-refractivity contribution in [3.8, 4) is 11.4 Å². The zero-order chi connectivity index (χ0) is 19.4. The summed E-state index contributed by atoms with van der Waals surface area (Å²) in [5.74, 6) is 1.78. The smallest absolute Gasteiger partial charge is 0.227 e. The van der Waals surface area contributed by atoms with Gasteiger partial charge in [-0.15, -0.1) is 0 Å². The molecule has 1 aromatic carbocycles. The molecule has 2 saturated heterocycles. The van der Waals surface area contributed by atoms with E-state index in [2.05, 4.69) is 15.0 Å². The van der Waals surface area contributed by atoms with Crippen LogP contribution in [0, 0.1) is 0 Å². The monoisotopic (exact) mass is 405 g/mol. The van der Waals surface area contributed by atoms with Crippen LogP contribution in [0.1, 0.15) is 31.6 Å². The predicted octanol–water partition coefficient (Wildman–Crippen LogP) is 2.34. The molecule has 1 aromatic heterocycles. The largest absolute Gasteiger partial charge is 0.377 e. The van der Waals surface area contributed by atoms with E-state index >= 15 is 0 Å². The minimum Gasteiger partial charge on any atom is -0.377 e. The van der Waals surface area contributed by atoms with Crippen LogP contribution in [0.4, 0.5) is 0 Å². The fourth-order valence-electron chi connectivity index (χ4n) is 4.03. The molecule has 7 nitrogen and oxygen atoms in total. The van der Waals surface area contributed by atoms with Crippen LogP contribution in [0.3, 0.4) is 0 Å². The van der Waals surface area contributed by atoms with E-state index in [9.17, 15) is 8.42 Å². The molecule has 0 N–H and O–H groups in total. The molecule has 0 radical (unpaired) electrons. The third kappa shape index (κ3) is 4.98. The molecule has 3 heterocycles. The Morgan fingerprint density at radius 2 is 2.04 bits per heavy atom. The second-order valence-corrected chi connectivity index (χ2v) is 9.90. The van der Waals surface area contributed by atoms with Gasteiger partial charge in [0.1, 0.15) is 0 Å². The van der Waals surface area contributed by atoms with E-state index in [4.69, 9.17) is 9.26 Å². The summed E-state index contributed by atoms with van der Waals surface area (Å²) in [6.45, 7) is 2.42. The van der Waals surface area contributed by atoms with Crippen molar-refractivity contribution in [1.29, 1.82) is 0 Å². The summed E-state index contributed by atoms with van der Waals surface area (Å²) in [6.07, 6.45) is 4.61. The molecule has 2 fully saturated rings. The Balaban J connectivity index is 1.34. The first kappa shape index (κ1) is 19.5. The normalized spacial score (nSPS) is 24.2. The highest BCUT2D eigenvalue weighted by Crippen LogP contribution is 2.22. The molecule has 2 atom stereocenters. The lowest BCUT2D eigenvalue weighted by Crippen LogP contribution is -2.42. The van der Waals surface area contributed by atoms with Gasteiger partial charge < -0.3 is 9.26 Å². The van der Waals surface area contributed by atoms with Crippen molar-refractivity contribution in [1.82, 2.24) is 15.0 Å². The molecule has 2 aromatic rings. The summed E-state index contributed by atoms with van der Waals surface area (Å²) >= 11 is 0. The van der Waals surface area contributed by atoms with Crippen molar-refractivity contribution >= 4 is 9.84 Å². The van der Waals surface area contributed by atoms with Gasteiger partial charge in [-0.05, 0) is 32.2 Å². The third-order valence-electron chi connectivity index (χ3n) is 5.52. The van der Waals surface area contributed by atoms with Gasteiger partial charge >= 0.3 is 0 Å². The van der Waals surface area contributed by atoms with Gasteiger partial charge in [-0.2, -0.15) is 4.98 Å². The van der Waals surface area contributed by atoms with E-state index in [0.717, 1.165) is 44.5 Å². The van der Waals surface area contributed by atoms with Crippen molar-refractivity contribution < 1.29 is 17.7 Å². The highest BCUT2D eigenvalue weighted by Gasteiger charge is 2.33. The number of sulfone groups is 1. The van der Waals surface area contributed by atoms with E-state index in [-0.39, 0.29) is 17.9 Å². The summed E-state index contributed by atoms with van der Waals surface area (Å²) in [6, 6.07) is 9.86. The number of hydrogen-bond donors (Lipinski definition) is 0. The predicted molar refractivity (Wildman–Crippen MR) is 106 cm³/mol. The average Bonchev–Trinajstić information content (AvgIpc) is 3.43. The van der Waals surface area contributed by atoms with Gasteiger partial charge in [0.2, 0.25) is 11.7 Å². The summed E-state index contributed by atoms with van der Waals surface area (Å²) in [4.78, 5) is 6.78. The van der Waals surface area contributed by atoms with E-state index in [1.165, 1.54) is 0 Å². The van der Waals surface area contributed by atoms with Crippen molar-refractivity contribution in [3.63, 3.8) is 0 Å². The van der Waals surface area contributed by atoms with Crippen LogP contribution in [0.25, 0.3) is 11.4 Å². The molecular weight excluding hydrogens is 378 g/mol. The third-order valence-corrected chi connectivity index (χ3v) is 7.27. The highest BCUT2D eigenvalue weighted by atomic mass is 32.2. The first-order chi connectivity index (χ1) is 13.6. The number of nitrogens with zero attached hydrogens (tertiary/aromatic N) is 3. The van der Waals surface area contributed by atoms with E-state index < -0.39 is 9.84 Å². The van der Waals surface area contributed by atoms with Crippen LogP contribution in [-0.4, -0.2) is 66.8 Å². The number of hydrogen-bond acceptors (Lipinski definition) is 7. The first-order valence-electron chi connectivity index (χ1n) is 10.0. The van der Waals surface area contributed by atoms with Crippen LogP contribution >= 0.6 is 0 Å². The Morgan fingerprint density at radius 3 is 2.75 bits per heavy atom. The van der Waals surface area contributed by atoms with Gasteiger partial charge in [-0.25, -0.2) is 8.42 Å². The number of ether oxygens (including phenoxy) is 1. The molecule has 0 saturated carbocycles. The number of benzene rings is 1. The van der Waals surface area contributed by atoms with Gasteiger partial charge in [0.25, 0.3) is 0 Å². The summed E-state index contributed by atoms with van der Waals surface area (Å²) in [5, 5.41) is 4.06. The zero-order valence-electron chi connectivity index (χ0n) is 16.0. The Labute approximate surface area is 166 Å². The van der Waals surface area contributed by atoms with Gasteiger partial charge in [0.05, 0.1) is 17.6 Å². The summed E-state index contributed by atoms with van der Waals surface area (Å²) in [7, 11) is -2.90. The highest BCUT2D eigenvalue weighted by molar-refractivity contribution is 7.91. The molecule has 2 aliphatic rings. The maximum atomic E-state index is 11.9. The fraction of sp³-hybridized carbons (Fsp3) is 0.600. The minimum absolute atomic E-state index is 0.0942. The molecule has 2 unspecified atom stereocenters. The maximum absolute atomic E-state index is 11.9. The van der Waals surface area contributed by atoms with Gasteiger partial charge in [0.15, 0.2) is 9.84 Å². The molecule has 2 aliphatic heterocycles. The number of aromatic nitrogens is 2. The van der Waals surface area contributed by atoms with Crippen molar-refractivity contribution in [2.75, 3.05) is 31.2 Å². The molecule has 0 spiro atoms. The van der Waals surface area contributed by atoms with Crippen molar-refractivity contribution in [2.24, 2.45) is 0 Å². The van der Waals surface area contributed by atoms with E-state index in [0.29, 0.717) is 30.3 Å². The lowest BCUT2D eigenvalue weighted by molar-refractivity contribution is 0.0600. The quantitative estimate of drug-likeness (QED) is 0.666. The Kier molecular flexibility index (Phi) is 6.08. The van der Waals surface area contributed by atoms with Crippen LogP contribution in [0.15, 0.2) is 34.9 Å². The first-order valence-corrected chi connectivity index (χ1v) is 11.9. The van der Waals surface area contributed by atoms with Crippen LogP contribution < -0.4 is 0 Å². The molecule has 0 aliphatic carbocycles. The maximum Gasteiger partial charge on any atom is 0.227 e. The molecule has 28 heavy (non-hydrogen) atoms. The molecule has 4 rings (SSSR count). The fourth-order valence-corrected chi connectivity index (χ4v) is 5.79. The van der Waals surface area contributed by atoms with E-state index in [1.807, 2.05) is 30.3 Å². The van der Waals surface area contributed by atoms with Gasteiger partial charge in [-0.3, -0.25) is 4.90 Å². The van der Waals surface area contributed by atoms with Crippen LogP contribution in [0.5, 0.6) is 0 Å². The van der Waals surface area contributed by atoms with Crippen molar-refractivity contribution in [2.45, 2.75) is 44.2 Å². The van der Waals surface area contributed by atoms with Gasteiger partial charge in [0, 0.05) is 31.2 Å². The lowest BCUT2D eigenvalue weighted by atomic mass is 10.1. The number of aryl methyl sites for hydroxylation is 1. The average molecular weight is 406 g/mol. The number of rotatable bonds is 8. The molecular formula is C20H27N3O4S. The standard InChI is InChI=1S/C20H27N3O4S/c24-28(25)13-10-17(15-28)23(14-18-8-5-12-26-18)11-4-9-19-21-20(22-27-19)16-6-2-1-3-7-16/h1-3,6-7,17-18H,4-5,8-15H2. The molecule has 0 bridgehead atoms. The van der Waals surface area contributed by atoms with E-state index in [1.54, 1.807) is 0 Å².